The van der Waals surface area contributed by atoms with Crippen molar-refractivity contribution in [1.29, 1.82) is 0 Å². The summed E-state index contributed by atoms with van der Waals surface area (Å²) in [6.45, 7) is 9.97. The van der Waals surface area contributed by atoms with Crippen LogP contribution in [0.5, 0.6) is 0 Å². The number of likely N-dealkylation sites (tertiary alicyclic amines) is 1. The standard InChI is InChI=1S/C21H29NO4/c1-13-8-11-22(12-9-13)19(23)15-5-4-10-21(3)18(26-21)17-16(7-6-15)14(2)20(24)25-17/h5,13,16-18H,2,4,6-12H2,1,3H3/b15-5+/t16-,17-,18-,21+/m0/s1. The number of carbonyl (C=O) groups is 2. The number of hydrogen-bond acceptors (Lipinski definition) is 4. The Morgan fingerprint density at radius 1 is 1.31 bits per heavy atom. The minimum absolute atomic E-state index is 0.0371. The van der Waals surface area contributed by atoms with Crippen molar-refractivity contribution in [2.24, 2.45) is 11.8 Å². The third-order valence-electron chi connectivity index (χ3n) is 6.69. The Balaban J connectivity index is 1.52. The summed E-state index contributed by atoms with van der Waals surface area (Å²) in [5.74, 6) is 0.513. The molecule has 4 rings (SSSR count). The molecule has 3 heterocycles. The molecule has 4 atom stereocenters. The van der Waals surface area contributed by atoms with Crippen LogP contribution in [-0.2, 0) is 19.1 Å². The van der Waals surface area contributed by atoms with Crippen molar-refractivity contribution in [2.75, 3.05) is 13.1 Å². The summed E-state index contributed by atoms with van der Waals surface area (Å²) in [6.07, 6.45) is 7.04. The van der Waals surface area contributed by atoms with E-state index in [4.69, 9.17) is 9.47 Å². The van der Waals surface area contributed by atoms with Crippen molar-refractivity contribution >= 4 is 11.9 Å². The molecule has 0 N–H and O–H groups in total. The molecule has 0 bridgehead atoms. The zero-order chi connectivity index (χ0) is 18.5. The van der Waals surface area contributed by atoms with Crippen LogP contribution >= 0.6 is 0 Å². The molecular formula is C21H29NO4. The summed E-state index contributed by atoms with van der Waals surface area (Å²) >= 11 is 0. The SMILES string of the molecule is C=C1C(=O)O[C@H]2[C@H]1CC/C(C(=O)N1CCC(C)CC1)=C\CC[C@@]1(C)O[C@@H]21. The van der Waals surface area contributed by atoms with Gasteiger partial charge in [0.05, 0.1) is 5.60 Å². The summed E-state index contributed by atoms with van der Waals surface area (Å²) in [6, 6.07) is 0. The monoisotopic (exact) mass is 359 g/mol. The lowest BCUT2D eigenvalue weighted by molar-refractivity contribution is -0.140. The largest absolute Gasteiger partial charge is 0.455 e. The summed E-state index contributed by atoms with van der Waals surface area (Å²) in [5, 5.41) is 0. The number of ether oxygens (including phenoxy) is 2. The van der Waals surface area contributed by atoms with Crippen molar-refractivity contribution in [3.63, 3.8) is 0 Å². The Labute approximate surface area is 155 Å². The second-order valence-electron chi connectivity index (χ2n) is 8.63. The molecule has 0 saturated carbocycles. The van der Waals surface area contributed by atoms with Crippen LogP contribution in [0.15, 0.2) is 23.8 Å². The number of piperidine rings is 1. The van der Waals surface area contributed by atoms with E-state index in [1.807, 2.05) is 4.90 Å². The van der Waals surface area contributed by atoms with Crippen molar-refractivity contribution in [3.8, 4) is 0 Å². The topological polar surface area (TPSA) is 59.1 Å². The number of amides is 1. The van der Waals surface area contributed by atoms with E-state index in [0.717, 1.165) is 44.3 Å². The molecule has 5 nitrogen and oxygen atoms in total. The van der Waals surface area contributed by atoms with Gasteiger partial charge in [0.25, 0.3) is 0 Å². The van der Waals surface area contributed by atoms with E-state index >= 15 is 0 Å². The molecule has 0 unspecified atom stereocenters. The van der Waals surface area contributed by atoms with E-state index < -0.39 is 0 Å². The van der Waals surface area contributed by atoms with Crippen molar-refractivity contribution < 1.29 is 19.1 Å². The molecule has 3 aliphatic heterocycles. The maximum Gasteiger partial charge on any atom is 0.334 e. The van der Waals surface area contributed by atoms with E-state index in [9.17, 15) is 9.59 Å². The van der Waals surface area contributed by atoms with Crippen LogP contribution in [0.3, 0.4) is 0 Å². The Morgan fingerprint density at radius 3 is 2.77 bits per heavy atom. The van der Waals surface area contributed by atoms with Crippen LogP contribution in [-0.4, -0.2) is 47.7 Å². The maximum absolute atomic E-state index is 13.0. The fourth-order valence-electron chi connectivity index (χ4n) is 4.67. The highest BCUT2D eigenvalue weighted by Crippen LogP contribution is 2.49. The number of allylic oxidation sites excluding steroid dienone is 1. The highest BCUT2D eigenvalue weighted by molar-refractivity contribution is 5.94. The lowest BCUT2D eigenvalue weighted by Gasteiger charge is -2.31. The molecular weight excluding hydrogens is 330 g/mol. The molecule has 5 heteroatoms. The van der Waals surface area contributed by atoms with E-state index in [0.29, 0.717) is 24.3 Å². The highest BCUT2D eigenvalue weighted by Gasteiger charge is 2.61. The first kappa shape index (κ1) is 17.8. The number of hydrogen-bond donors (Lipinski definition) is 0. The quantitative estimate of drug-likeness (QED) is 0.410. The Kier molecular flexibility index (Phi) is 4.46. The average molecular weight is 359 g/mol. The van der Waals surface area contributed by atoms with Crippen LogP contribution in [0.2, 0.25) is 0 Å². The molecule has 0 aromatic rings. The van der Waals surface area contributed by atoms with Gasteiger partial charge in [-0.15, -0.1) is 0 Å². The lowest BCUT2D eigenvalue weighted by atomic mass is 9.83. The molecule has 3 fully saturated rings. The van der Waals surface area contributed by atoms with Crippen molar-refractivity contribution in [1.82, 2.24) is 4.90 Å². The Hall–Kier alpha value is -1.62. The second-order valence-corrected chi connectivity index (χ2v) is 8.63. The number of epoxide rings is 1. The average Bonchev–Trinajstić information content (AvgIpc) is 3.21. The predicted molar refractivity (Wildman–Crippen MR) is 97.3 cm³/mol. The van der Waals surface area contributed by atoms with Gasteiger partial charge in [-0.1, -0.05) is 19.6 Å². The van der Waals surface area contributed by atoms with Gasteiger partial charge >= 0.3 is 5.97 Å². The lowest BCUT2D eigenvalue weighted by Crippen LogP contribution is -2.39. The summed E-state index contributed by atoms with van der Waals surface area (Å²) in [7, 11) is 0. The predicted octanol–water partition coefficient (Wildman–Crippen LogP) is 3.00. The summed E-state index contributed by atoms with van der Waals surface area (Å²) in [5.41, 5.74) is 1.16. The van der Waals surface area contributed by atoms with Crippen LogP contribution in [0.4, 0.5) is 0 Å². The summed E-state index contributed by atoms with van der Waals surface area (Å²) < 4.78 is 11.5. The van der Waals surface area contributed by atoms with Crippen LogP contribution in [0.1, 0.15) is 52.4 Å². The van der Waals surface area contributed by atoms with Gasteiger partial charge < -0.3 is 14.4 Å². The number of carbonyl (C=O) groups excluding carboxylic acids is 2. The highest BCUT2D eigenvalue weighted by atomic mass is 16.6. The molecule has 0 aromatic heterocycles. The molecule has 26 heavy (non-hydrogen) atoms. The molecule has 1 amide bonds. The van der Waals surface area contributed by atoms with Gasteiger partial charge in [0.1, 0.15) is 12.2 Å². The zero-order valence-electron chi connectivity index (χ0n) is 15.8. The molecule has 142 valence electrons. The minimum Gasteiger partial charge on any atom is -0.455 e. The van der Waals surface area contributed by atoms with Gasteiger partial charge in [-0.3, -0.25) is 4.79 Å². The van der Waals surface area contributed by atoms with Crippen molar-refractivity contribution in [2.45, 2.75) is 70.2 Å². The molecule has 0 aromatic carbocycles. The van der Waals surface area contributed by atoms with Gasteiger partial charge in [0, 0.05) is 30.2 Å². The molecule has 1 aliphatic carbocycles. The van der Waals surface area contributed by atoms with Gasteiger partial charge in [0.15, 0.2) is 0 Å². The number of rotatable bonds is 1. The van der Waals surface area contributed by atoms with Crippen molar-refractivity contribution in [3.05, 3.63) is 23.8 Å². The zero-order valence-corrected chi connectivity index (χ0v) is 15.8. The molecule has 0 spiro atoms. The first-order valence-corrected chi connectivity index (χ1v) is 9.95. The van der Waals surface area contributed by atoms with E-state index in [1.54, 1.807) is 0 Å². The fourth-order valence-corrected chi connectivity index (χ4v) is 4.67. The normalized spacial score (nSPS) is 40.2. The fraction of sp³-hybridized carbons (Fsp3) is 0.714. The van der Waals surface area contributed by atoms with Gasteiger partial charge in [0.2, 0.25) is 5.91 Å². The summed E-state index contributed by atoms with van der Waals surface area (Å²) in [4.78, 5) is 27.1. The number of nitrogens with zero attached hydrogens (tertiary/aromatic N) is 1. The number of esters is 1. The van der Waals surface area contributed by atoms with Gasteiger partial charge in [-0.25, -0.2) is 4.79 Å². The minimum atomic E-state index is -0.307. The van der Waals surface area contributed by atoms with E-state index in [-0.39, 0.29) is 35.6 Å². The molecule has 3 saturated heterocycles. The first-order chi connectivity index (χ1) is 12.4. The molecule has 0 radical (unpaired) electrons. The third-order valence-corrected chi connectivity index (χ3v) is 6.69. The van der Waals surface area contributed by atoms with E-state index in [2.05, 4.69) is 26.5 Å². The first-order valence-electron chi connectivity index (χ1n) is 9.95. The number of fused-ring (bicyclic) bond motifs is 3. The van der Waals surface area contributed by atoms with E-state index in [1.165, 1.54) is 0 Å². The maximum atomic E-state index is 13.0. The molecule has 4 aliphatic rings. The third kappa shape index (κ3) is 3.11. The van der Waals surface area contributed by atoms with Crippen LogP contribution in [0.25, 0.3) is 0 Å². The van der Waals surface area contributed by atoms with Crippen LogP contribution in [0, 0.1) is 11.8 Å². The van der Waals surface area contributed by atoms with Gasteiger partial charge in [-0.2, -0.15) is 0 Å². The van der Waals surface area contributed by atoms with Gasteiger partial charge in [-0.05, 0) is 51.4 Å². The smallest absolute Gasteiger partial charge is 0.334 e. The Morgan fingerprint density at radius 2 is 2.04 bits per heavy atom. The van der Waals surface area contributed by atoms with Crippen LogP contribution < -0.4 is 0 Å². The second kappa shape index (κ2) is 6.52. The Bertz CT molecular complexity index is 661.